The zero-order chi connectivity index (χ0) is 14.7. The second-order valence-corrected chi connectivity index (χ2v) is 5.59. The molecule has 0 N–H and O–H groups in total. The number of rotatable bonds is 5. The van der Waals surface area contributed by atoms with Crippen LogP contribution in [0.1, 0.15) is 55.0 Å². The molecular formula is C20H26. The van der Waals surface area contributed by atoms with Gasteiger partial charge in [-0.2, -0.15) is 0 Å². The van der Waals surface area contributed by atoms with E-state index in [4.69, 9.17) is 0 Å². The van der Waals surface area contributed by atoms with Gasteiger partial charge in [0.2, 0.25) is 0 Å². The van der Waals surface area contributed by atoms with E-state index in [0.717, 1.165) is 19.3 Å². The van der Waals surface area contributed by atoms with Crippen LogP contribution in [0.15, 0.2) is 24.8 Å². The standard InChI is InChI=1S/C20H26/c1-6-10-17-12-16(8-3)18(9-4)20-11-14(5)15(7-2)13-19(17)20/h7,11-13H,2,6,8-10H2,1,3-5H3. The van der Waals surface area contributed by atoms with E-state index in [0.29, 0.717) is 0 Å². The lowest BCUT2D eigenvalue weighted by Gasteiger charge is -2.17. The van der Waals surface area contributed by atoms with Gasteiger partial charge in [0.15, 0.2) is 0 Å². The van der Waals surface area contributed by atoms with Crippen LogP contribution >= 0.6 is 0 Å². The molecule has 2 aromatic carbocycles. The van der Waals surface area contributed by atoms with E-state index in [2.05, 4.69) is 52.5 Å². The second-order valence-electron chi connectivity index (χ2n) is 5.59. The summed E-state index contributed by atoms with van der Waals surface area (Å²) in [5.41, 5.74) is 7.15. The lowest BCUT2D eigenvalue weighted by Crippen LogP contribution is -1.99. The summed E-state index contributed by atoms with van der Waals surface area (Å²) in [7, 11) is 0. The SMILES string of the molecule is C=Cc1cc2c(CCC)cc(CC)c(CC)c2cc1C. The molecule has 0 nitrogen and oxygen atoms in total. The monoisotopic (exact) mass is 266 g/mol. The van der Waals surface area contributed by atoms with E-state index in [1.165, 1.54) is 45.0 Å². The maximum Gasteiger partial charge on any atom is -0.0143 e. The lowest BCUT2D eigenvalue weighted by molar-refractivity contribution is 0.922. The Kier molecular flexibility index (Phi) is 4.65. The van der Waals surface area contributed by atoms with E-state index in [9.17, 15) is 0 Å². The predicted molar refractivity (Wildman–Crippen MR) is 91.5 cm³/mol. The van der Waals surface area contributed by atoms with E-state index >= 15 is 0 Å². The van der Waals surface area contributed by atoms with Gasteiger partial charge in [0.05, 0.1) is 0 Å². The molecule has 0 aliphatic rings. The Labute approximate surface area is 123 Å². The number of hydrogen-bond donors (Lipinski definition) is 0. The summed E-state index contributed by atoms with van der Waals surface area (Å²) >= 11 is 0. The first-order chi connectivity index (χ1) is 9.65. The van der Waals surface area contributed by atoms with Crippen molar-refractivity contribution in [3.05, 3.63) is 52.6 Å². The highest BCUT2D eigenvalue weighted by Crippen LogP contribution is 2.31. The van der Waals surface area contributed by atoms with E-state index < -0.39 is 0 Å². The molecule has 0 bridgehead atoms. The van der Waals surface area contributed by atoms with Crippen molar-refractivity contribution in [2.75, 3.05) is 0 Å². The fourth-order valence-corrected chi connectivity index (χ4v) is 3.22. The first-order valence-electron chi connectivity index (χ1n) is 7.86. The molecule has 2 rings (SSSR count). The van der Waals surface area contributed by atoms with Gasteiger partial charge in [-0.25, -0.2) is 0 Å². The molecule has 0 aromatic heterocycles. The zero-order valence-electron chi connectivity index (χ0n) is 13.3. The molecule has 0 saturated carbocycles. The normalized spacial score (nSPS) is 11.0. The molecule has 0 radical (unpaired) electrons. The zero-order valence-corrected chi connectivity index (χ0v) is 13.3. The van der Waals surface area contributed by atoms with Gasteiger partial charge in [-0.05, 0) is 70.8 Å². The summed E-state index contributed by atoms with van der Waals surface area (Å²) in [6.45, 7) is 12.9. The van der Waals surface area contributed by atoms with Gasteiger partial charge >= 0.3 is 0 Å². The van der Waals surface area contributed by atoms with Crippen LogP contribution in [0.5, 0.6) is 0 Å². The fraction of sp³-hybridized carbons (Fsp3) is 0.400. The minimum absolute atomic E-state index is 1.11. The summed E-state index contributed by atoms with van der Waals surface area (Å²) in [5, 5.41) is 2.89. The third kappa shape index (κ3) is 2.52. The van der Waals surface area contributed by atoms with Crippen LogP contribution in [0.25, 0.3) is 16.8 Å². The summed E-state index contributed by atoms with van der Waals surface area (Å²) in [5.74, 6) is 0. The first kappa shape index (κ1) is 14.8. The van der Waals surface area contributed by atoms with Crippen molar-refractivity contribution in [1.82, 2.24) is 0 Å². The molecule has 0 atom stereocenters. The number of benzene rings is 2. The minimum Gasteiger partial charge on any atom is -0.0985 e. The van der Waals surface area contributed by atoms with Crippen LogP contribution in [0.3, 0.4) is 0 Å². The van der Waals surface area contributed by atoms with Crippen LogP contribution in [-0.2, 0) is 19.3 Å². The summed E-state index contributed by atoms with van der Waals surface area (Å²) in [6.07, 6.45) is 6.56. The van der Waals surface area contributed by atoms with Gasteiger partial charge in [0.1, 0.15) is 0 Å². The molecular weight excluding hydrogens is 240 g/mol. The molecule has 20 heavy (non-hydrogen) atoms. The van der Waals surface area contributed by atoms with Crippen molar-refractivity contribution < 1.29 is 0 Å². The van der Waals surface area contributed by atoms with Crippen LogP contribution in [-0.4, -0.2) is 0 Å². The largest absolute Gasteiger partial charge is 0.0985 e. The van der Waals surface area contributed by atoms with Crippen molar-refractivity contribution in [3.63, 3.8) is 0 Å². The Balaban J connectivity index is 2.86. The number of hydrogen-bond acceptors (Lipinski definition) is 0. The van der Waals surface area contributed by atoms with E-state index in [1.54, 1.807) is 0 Å². The molecule has 0 spiro atoms. The van der Waals surface area contributed by atoms with Crippen LogP contribution < -0.4 is 0 Å². The van der Waals surface area contributed by atoms with Crippen molar-refractivity contribution in [2.24, 2.45) is 0 Å². The quantitative estimate of drug-likeness (QED) is 0.635. The Hall–Kier alpha value is -1.56. The van der Waals surface area contributed by atoms with Crippen LogP contribution in [0.4, 0.5) is 0 Å². The van der Waals surface area contributed by atoms with Crippen molar-refractivity contribution in [3.8, 4) is 0 Å². The highest BCUT2D eigenvalue weighted by molar-refractivity contribution is 5.92. The number of aryl methyl sites for hydroxylation is 4. The molecule has 0 fully saturated rings. The summed E-state index contributed by atoms with van der Waals surface area (Å²) < 4.78 is 0. The Bertz CT molecular complexity index is 632. The molecule has 0 heteroatoms. The van der Waals surface area contributed by atoms with Crippen LogP contribution in [0, 0.1) is 6.92 Å². The van der Waals surface area contributed by atoms with Gasteiger partial charge in [-0.15, -0.1) is 0 Å². The summed E-state index contributed by atoms with van der Waals surface area (Å²) in [6, 6.07) is 7.14. The van der Waals surface area contributed by atoms with E-state index in [1.807, 2.05) is 6.08 Å². The molecule has 2 aromatic rings. The van der Waals surface area contributed by atoms with Gasteiger partial charge < -0.3 is 0 Å². The molecule has 0 heterocycles. The smallest absolute Gasteiger partial charge is 0.0143 e. The van der Waals surface area contributed by atoms with Gasteiger partial charge in [0.25, 0.3) is 0 Å². The fourth-order valence-electron chi connectivity index (χ4n) is 3.22. The molecule has 0 aliphatic carbocycles. The average molecular weight is 266 g/mol. The third-order valence-electron chi connectivity index (χ3n) is 4.29. The maximum atomic E-state index is 3.95. The van der Waals surface area contributed by atoms with Crippen molar-refractivity contribution in [2.45, 2.75) is 53.4 Å². The van der Waals surface area contributed by atoms with Gasteiger partial charge in [-0.3, -0.25) is 0 Å². The molecule has 106 valence electrons. The van der Waals surface area contributed by atoms with Crippen LogP contribution in [0.2, 0.25) is 0 Å². The first-order valence-corrected chi connectivity index (χ1v) is 7.86. The molecule has 0 aliphatic heterocycles. The van der Waals surface area contributed by atoms with Crippen molar-refractivity contribution in [1.29, 1.82) is 0 Å². The second kappa shape index (κ2) is 6.26. The highest BCUT2D eigenvalue weighted by Gasteiger charge is 2.11. The Morgan fingerprint density at radius 2 is 1.70 bits per heavy atom. The predicted octanol–water partition coefficient (Wildman–Crippen LogP) is 5.87. The maximum absolute atomic E-state index is 3.95. The number of fused-ring (bicyclic) bond motifs is 1. The highest BCUT2D eigenvalue weighted by atomic mass is 14.2. The van der Waals surface area contributed by atoms with Gasteiger partial charge in [-0.1, -0.05) is 52.0 Å². The molecule has 0 amide bonds. The minimum atomic E-state index is 1.11. The van der Waals surface area contributed by atoms with E-state index in [-0.39, 0.29) is 0 Å². The lowest BCUT2D eigenvalue weighted by atomic mass is 9.88. The summed E-state index contributed by atoms with van der Waals surface area (Å²) in [4.78, 5) is 0. The topological polar surface area (TPSA) is 0 Å². The molecule has 0 unspecified atom stereocenters. The van der Waals surface area contributed by atoms with Gasteiger partial charge in [0, 0.05) is 0 Å². The Morgan fingerprint density at radius 3 is 2.25 bits per heavy atom. The average Bonchev–Trinajstić information content (AvgIpc) is 2.46. The Morgan fingerprint density at radius 1 is 0.950 bits per heavy atom. The molecule has 0 saturated heterocycles. The third-order valence-corrected chi connectivity index (χ3v) is 4.29. The van der Waals surface area contributed by atoms with Crippen molar-refractivity contribution >= 4 is 16.8 Å².